The molecule has 1 atom stereocenters. The number of aromatic nitrogens is 3. The number of H-pyrrole nitrogens is 1. The molecule has 0 aliphatic heterocycles. The van der Waals surface area contributed by atoms with E-state index in [-0.39, 0.29) is 5.91 Å². The maximum atomic E-state index is 11.5. The third-order valence-corrected chi connectivity index (χ3v) is 2.33. The minimum atomic E-state index is -0.394. The Morgan fingerprint density at radius 3 is 3.12 bits per heavy atom. The topological polar surface area (TPSA) is 96.7 Å². The van der Waals surface area contributed by atoms with Gasteiger partial charge in [-0.2, -0.15) is 5.10 Å². The summed E-state index contributed by atoms with van der Waals surface area (Å²) < 4.78 is 0. The summed E-state index contributed by atoms with van der Waals surface area (Å²) >= 11 is 0. The summed E-state index contributed by atoms with van der Waals surface area (Å²) in [7, 11) is 0. The van der Waals surface area contributed by atoms with Gasteiger partial charge in [-0.15, -0.1) is 0 Å². The minimum absolute atomic E-state index is 0.0898. The monoisotopic (exact) mass is 225 g/mol. The van der Waals surface area contributed by atoms with E-state index in [0.717, 1.165) is 25.1 Å². The molecule has 0 saturated carbocycles. The fourth-order valence-electron chi connectivity index (χ4n) is 1.34. The number of rotatable bonds is 7. The van der Waals surface area contributed by atoms with Crippen LogP contribution in [0.2, 0.25) is 0 Å². The van der Waals surface area contributed by atoms with Crippen molar-refractivity contribution in [2.75, 3.05) is 6.54 Å². The van der Waals surface area contributed by atoms with Crippen molar-refractivity contribution in [2.45, 2.75) is 38.6 Å². The van der Waals surface area contributed by atoms with E-state index in [1.807, 2.05) is 0 Å². The Kier molecular flexibility index (Phi) is 5.49. The van der Waals surface area contributed by atoms with E-state index in [1.165, 1.54) is 6.33 Å². The molecule has 1 aromatic heterocycles. The van der Waals surface area contributed by atoms with E-state index in [1.54, 1.807) is 0 Å². The zero-order valence-electron chi connectivity index (χ0n) is 9.57. The van der Waals surface area contributed by atoms with Gasteiger partial charge < -0.3 is 11.1 Å². The molecule has 6 nitrogen and oxygen atoms in total. The predicted molar refractivity (Wildman–Crippen MR) is 60.6 cm³/mol. The van der Waals surface area contributed by atoms with Crippen LogP contribution < -0.4 is 11.1 Å². The lowest BCUT2D eigenvalue weighted by Crippen LogP contribution is -2.41. The van der Waals surface area contributed by atoms with Gasteiger partial charge in [0.05, 0.1) is 6.04 Å². The second-order valence-electron chi connectivity index (χ2n) is 3.72. The van der Waals surface area contributed by atoms with Crippen LogP contribution in [-0.2, 0) is 11.2 Å². The molecular weight excluding hydrogens is 206 g/mol. The van der Waals surface area contributed by atoms with E-state index in [0.29, 0.717) is 13.0 Å². The van der Waals surface area contributed by atoms with Gasteiger partial charge in [0.25, 0.3) is 0 Å². The number of carbonyl (C=O) groups excluding carboxylic acids is 1. The normalized spacial score (nSPS) is 12.4. The van der Waals surface area contributed by atoms with Crippen LogP contribution in [0, 0.1) is 0 Å². The number of hydrogen-bond acceptors (Lipinski definition) is 4. The van der Waals surface area contributed by atoms with Crippen molar-refractivity contribution in [2.24, 2.45) is 5.73 Å². The number of carbonyl (C=O) groups is 1. The maximum absolute atomic E-state index is 11.5. The molecule has 0 saturated heterocycles. The molecule has 0 aromatic carbocycles. The second kappa shape index (κ2) is 6.95. The van der Waals surface area contributed by atoms with Crippen molar-refractivity contribution < 1.29 is 4.79 Å². The molecule has 0 spiro atoms. The lowest BCUT2D eigenvalue weighted by molar-refractivity contribution is -0.122. The Labute approximate surface area is 95.0 Å². The van der Waals surface area contributed by atoms with E-state index in [2.05, 4.69) is 27.4 Å². The summed E-state index contributed by atoms with van der Waals surface area (Å²) in [4.78, 5) is 15.5. The van der Waals surface area contributed by atoms with Gasteiger partial charge in [-0.3, -0.25) is 9.89 Å². The van der Waals surface area contributed by atoms with Crippen LogP contribution >= 0.6 is 0 Å². The molecule has 4 N–H and O–H groups in total. The quantitative estimate of drug-likeness (QED) is 0.607. The Bertz CT molecular complexity index is 298. The molecule has 0 aliphatic rings. The van der Waals surface area contributed by atoms with E-state index in [9.17, 15) is 4.79 Å². The minimum Gasteiger partial charge on any atom is -0.354 e. The first kappa shape index (κ1) is 12.6. The maximum Gasteiger partial charge on any atom is 0.236 e. The molecule has 0 bridgehead atoms. The number of hydrogen-bond donors (Lipinski definition) is 3. The van der Waals surface area contributed by atoms with Gasteiger partial charge in [-0.1, -0.05) is 19.8 Å². The van der Waals surface area contributed by atoms with Crippen LogP contribution in [0.1, 0.15) is 32.0 Å². The van der Waals surface area contributed by atoms with Gasteiger partial charge in [-0.05, 0) is 6.42 Å². The zero-order valence-corrected chi connectivity index (χ0v) is 9.57. The Balaban J connectivity index is 2.14. The predicted octanol–water partition coefficient (Wildman–Crippen LogP) is -0.0191. The highest BCUT2D eigenvalue weighted by Gasteiger charge is 2.11. The van der Waals surface area contributed by atoms with Gasteiger partial charge in [0, 0.05) is 13.0 Å². The fraction of sp³-hybridized carbons (Fsp3) is 0.700. The largest absolute Gasteiger partial charge is 0.354 e. The smallest absolute Gasteiger partial charge is 0.236 e. The Morgan fingerprint density at radius 1 is 1.69 bits per heavy atom. The highest BCUT2D eigenvalue weighted by Crippen LogP contribution is 1.97. The van der Waals surface area contributed by atoms with Gasteiger partial charge in [0.15, 0.2) is 0 Å². The Hall–Kier alpha value is -1.43. The first-order chi connectivity index (χ1) is 7.74. The number of nitrogens with zero attached hydrogens (tertiary/aromatic N) is 2. The molecule has 0 radical (unpaired) electrons. The average molecular weight is 225 g/mol. The lowest BCUT2D eigenvalue weighted by Gasteiger charge is -2.10. The summed E-state index contributed by atoms with van der Waals surface area (Å²) in [6.07, 6.45) is 4.87. The SMILES string of the molecule is CCCC[C@H](N)C(=O)NCCc1ncn[nH]1. The van der Waals surface area contributed by atoms with Crippen molar-refractivity contribution in [1.82, 2.24) is 20.5 Å². The van der Waals surface area contributed by atoms with Crippen LogP contribution in [0.25, 0.3) is 0 Å². The fourth-order valence-corrected chi connectivity index (χ4v) is 1.34. The standard InChI is InChI=1S/C10H19N5O/c1-2-3-4-8(11)10(16)12-6-5-9-13-7-14-15-9/h7-8H,2-6,11H2,1H3,(H,12,16)(H,13,14,15)/t8-/m0/s1. The molecule has 0 fully saturated rings. The molecule has 1 rings (SSSR count). The summed E-state index contributed by atoms with van der Waals surface area (Å²) in [5, 5.41) is 9.23. The molecule has 16 heavy (non-hydrogen) atoms. The van der Waals surface area contributed by atoms with Gasteiger partial charge in [0.2, 0.25) is 5.91 Å². The van der Waals surface area contributed by atoms with Crippen LogP contribution in [0.15, 0.2) is 6.33 Å². The number of unbranched alkanes of at least 4 members (excludes halogenated alkanes) is 1. The van der Waals surface area contributed by atoms with Crippen molar-refractivity contribution in [1.29, 1.82) is 0 Å². The van der Waals surface area contributed by atoms with Crippen molar-refractivity contribution >= 4 is 5.91 Å². The Morgan fingerprint density at radius 2 is 2.50 bits per heavy atom. The van der Waals surface area contributed by atoms with Crippen molar-refractivity contribution in [3.8, 4) is 0 Å². The second-order valence-corrected chi connectivity index (χ2v) is 3.72. The highest BCUT2D eigenvalue weighted by molar-refractivity contribution is 5.81. The molecule has 6 heteroatoms. The van der Waals surface area contributed by atoms with Gasteiger partial charge in [0.1, 0.15) is 12.2 Å². The summed E-state index contributed by atoms with van der Waals surface area (Å²) in [6, 6.07) is -0.394. The lowest BCUT2D eigenvalue weighted by atomic mass is 10.1. The summed E-state index contributed by atoms with van der Waals surface area (Å²) in [5.74, 6) is 0.676. The van der Waals surface area contributed by atoms with Gasteiger partial charge in [-0.25, -0.2) is 4.98 Å². The molecule has 1 heterocycles. The van der Waals surface area contributed by atoms with E-state index < -0.39 is 6.04 Å². The molecule has 0 unspecified atom stereocenters. The molecule has 1 aromatic rings. The number of nitrogens with two attached hydrogens (primary N) is 1. The van der Waals surface area contributed by atoms with E-state index in [4.69, 9.17) is 5.73 Å². The van der Waals surface area contributed by atoms with Gasteiger partial charge >= 0.3 is 0 Å². The number of aromatic amines is 1. The summed E-state index contributed by atoms with van der Waals surface area (Å²) in [6.45, 7) is 2.61. The van der Waals surface area contributed by atoms with Crippen LogP contribution in [0.5, 0.6) is 0 Å². The van der Waals surface area contributed by atoms with Crippen LogP contribution in [0.4, 0.5) is 0 Å². The molecular formula is C10H19N5O. The number of nitrogens with one attached hydrogen (secondary N) is 2. The molecule has 90 valence electrons. The zero-order chi connectivity index (χ0) is 11.8. The van der Waals surface area contributed by atoms with Crippen LogP contribution in [0.3, 0.4) is 0 Å². The molecule has 0 aliphatic carbocycles. The first-order valence-corrected chi connectivity index (χ1v) is 5.61. The average Bonchev–Trinajstić information content (AvgIpc) is 2.78. The third kappa shape index (κ3) is 4.39. The molecule has 1 amide bonds. The summed E-state index contributed by atoms with van der Waals surface area (Å²) in [5.41, 5.74) is 5.71. The van der Waals surface area contributed by atoms with Crippen molar-refractivity contribution in [3.63, 3.8) is 0 Å². The van der Waals surface area contributed by atoms with Crippen LogP contribution in [-0.4, -0.2) is 33.7 Å². The van der Waals surface area contributed by atoms with Crippen molar-refractivity contribution in [3.05, 3.63) is 12.2 Å². The first-order valence-electron chi connectivity index (χ1n) is 5.61. The highest BCUT2D eigenvalue weighted by atomic mass is 16.2. The van der Waals surface area contributed by atoms with E-state index >= 15 is 0 Å². The third-order valence-electron chi connectivity index (χ3n) is 2.33. The number of amides is 1.